The van der Waals surface area contributed by atoms with E-state index < -0.39 is 0 Å². The first-order chi connectivity index (χ1) is 7.79. The lowest BCUT2D eigenvalue weighted by molar-refractivity contribution is 0.292. The average Bonchev–Trinajstić information content (AvgIpc) is 2.29. The average molecular weight is 228 g/mol. The summed E-state index contributed by atoms with van der Waals surface area (Å²) in [5.74, 6) is 6.48. The number of nitrogens with one attached hydrogen (secondary N) is 1. The van der Waals surface area contributed by atoms with E-state index in [-0.39, 0.29) is 0 Å². The molecule has 0 saturated heterocycles. The molecule has 0 aliphatic carbocycles. The fraction of sp³-hybridized carbons (Fsp3) is 1.00. The second kappa shape index (κ2) is 11.4. The third-order valence-electron chi connectivity index (χ3n) is 3.47. The summed E-state index contributed by atoms with van der Waals surface area (Å²) in [6.45, 7) is 6.80. The van der Waals surface area contributed by atoms with Gasteiger partial charge in [0.2, 0.25) is 0 Å². The number of rotatable bonds is 11. The van der Waals surface area contributed by atoms with Gasteiger partial charge in [0.15, 0.2) is 0 Å². The minimum absolute atomic E-state index is 0.539. The van der Waals surface area contributed by atoms with Gasteiger partial charge in [-0.25, -0.2) is 0 Å². The van der Waals surface area contributed by atoms with Crippen molar-refractivity contribution in [2.45, 2.75) is 84.6 Å². The van der Waals surface area contributed by atoms with Crippen LogP contribution in [0, 0.1) is 5.92 Å². The predicted octanol–water partition coefficient (Wildman–Crippen LogP) is 4.01. The summed E-state index contributed by atoms with van der Waals surface area (Å²) in [4.78, 5) is 0. The van der Waals surface area contributed by atoms with Crippen molar-refractivity contribution in [2.75, 3.05) is 0 Å². The molecule has 0 aromatic rings. The fourth-order valence-electron chi connectivity index (χ4n) is 2.53. The smallest absolute Gasteiger partial charge is 0.0238 e. The maximum atomic E-state index is 5.70. The molecule has 2 nitrogen and oxygen atoms in total. The van der Waals surface area contributed by atoms with Crippen molar-refractivity contribution in [1.29, 1.82) is 0 Å². The summed E-state index contributed by atoms with van der Waals surface area (Å²) in [5, 5.41) is 0. The van der Waals surface area contributed by atoms with Crippen LogP contribution in [0.1, 0.15) is 78.6 Å². The first kappa shape index (κ1) is 15.9. The van der Waals surface area contributed by atoms with Gasteiger partial charge in [-0.2, -0.15) is 0 Å². The van der Waals surface area contributed by atoms with Gasteiger partial charge in [-0.05, 0) is 25.2 Å². The van der Waals surface area contributed by atoms with E-state index in [0.717, 1.165) is 5.92 Å². The van der Waals surface area contributed by atoms with Gasteiger partial charge < -0.3 is 0 Å². The minimum Gasteiger partial charge on any atom is -0.271 e. The third-order valence-corrected chi connectivity index (χ3v) is 3.47. The summed E-state index contributed by atoms with van der Waals surface area (Å²) in [6, 6.07) is 0.539. The second-order valence-electron chi connectivity index (χ2n) is 4.96. The van der Waals surface area contributed by atoms with E-state index in [4.69, 9.17) is 5.84 Å². The third kappa shape index (κ3) is 7.24. The summed E-state index contributed by atoms with van der Waals surface area (Å²) < 4.78 is 0. The monoisotopic (exact) mass is 228 g/mol. The SMILES string of the molecule is CCCCCCC(NN)C(CCC)CCC. The highest BCUT2D eigenvalue weighted by Gasteiger charge is 2.18. The molecule has 1 unspecified atom stereocenters. The number of hydrogen-bond acceptors (Lipinski definition) is 2. The number of hydrogen-bond donors (Lipinski definition) is 2. The lowest BCUT2D eigenvalue weighted by Gasteiger charge is -2.26. The molecule has 0 radical (unpaired) electrons. The van der Waals surface area contributed by atoms with E-state index in [0.29, 0.717) is 6.04 Å². The van der Waals surface area contributed by atoms with Gasteiger partial charge in [0, 0.05) is 6.04 Å². The Morgan fingerprint density at radius 2 is 1.44 bits per heavy atom. The summed E-state index contributed by atoms with van der Waals surface area (Å²) >= 11 is 0. The minimum atomic E-state index is 0.539. The van der Waals surface area contributed by atoms with Crippen molar-refractivity contribution in [3.63, 3.8) is 0 Å². The molecule has 1 atom stereocenters. The molecule has 2 heteroatoms. The Bertz CT molecular complexity index is 131. The maximum absolute atomic E-state index is 5.70. The van der Waals surface area contributed by atoms with Crippen molar-refractivity contribution in [3.8, 4) is 0 Å². The largest absolute Gasteiger partial charge is 0.271 e. The number of nitrogens with two attached hydrogens (primary N) is 1. The number of unbranched alkanes of at least 4 members (excludes halogenated alkanes) is 3. The van der Waals surface area contributed by atoms with Crippen molar-refractivity contribution in [1.82, 2.24) is 5.43 Å². The molecule has 0 aliphatic heterocycles. The van der Waals surface area contributed by atoms with Gasteiger partial charge in [-0.3, -0.25) is 11.3 Å². The van der Waals surface area contributed by atoms with E-state index in [1.807, 2.05) is 0 Å². The van der Waals surface area contributed by atoms with Crippen molar-refractivity contribution in [2.24, 2.45) is 11.8 Å². The molecule has 0 aromatic carbocycles. The van der Waals surface area contributed by atoms with Crippen LogP contribution in [0.4, 0.5) is 0 Å². The molecule has 0 spiro atoms. The van der Waals surface area contributed by atoms with Crippen molar-refractivity contribution in [3.05, 3.63) is 0 Å². The Kier molecular flexibility index (Phi) is 11.3. The molecule has 0 rings (SSSR count). The van der Waals surface area contributed by atoms with Crippen LogP contribution in [-0.4, -0.2) is 6.04 Å². The van der Waals surface area contributed by atoms with E-state index in [1.54, 1.807) is 0 Å². The quantitative estimate of drug-likeness (QED) is 0.318. The Morgan fingerprint density at radius 3 is 1.88 bits per heavy atom. The Hall–Kier alpha value is -0.0800. The Balaban J connectivity index is 3.89. The lowest BCUT2D eigenvalue weighted by atomic mass is 9.87. The van der Waals surface area contributed by atoms with Crippen LogP contribution >= 0.6 is 0 Å². The molecule has 0 aromatic heterocycles. The first-order valence-corrected chi connectivity index (χ1v) is 7.26. The van der Waals surface area contributed by atoms with Gasteiger partial charge in [-0.15, -0.1) is 0 Å². The second-order valence-corrected chi connectivity index (χ2v) is 4.96. The molecular weight excluding hydrogens is 196 g/mol. The summed E-state index contributed by atoms with van der Waals surface area (Å²) in [5.41, 5.74) is 3.05. The normalized spacial score (nSPS) is 13.3. The topological polar surface area (TPSA) is 38.0 Å². The molecule has 3 N–H and O–H groups in total. The van der Waals surface area contributed by atoms with Crippen LogP contribution in [0.2, 0.25) is 0 Å². The van der Waals surface area contributed by atoms with Crippen molar-refractivity contribution < 1.29 is 0 Å². The zero-order chi connectivity index (χ0) is 12.2. The fourth-order valence-corrected chi connectivity index (χ4v) is 2.53. The van der Waals surface area contributed by atoms with Crippen molar-refractivity contribution >= 4 is 0 Å². The molecule has 0 aliphatic rings. The van der Waals surface area contributed by atoms with Gasteiger partial charge in [-0.1, -0.05) is 59.3 Å². The molecule has 0 fully saturated rings. The van der Waals surface area contributed by atoms with Crippen LogP contribution in [0.5, 0.6) is 0 Å². The zero-order valence-corrected chi connectivity index (χ0v) is 11.6. The van der Waals surface area contributed by atoms with Gasteiger partial charge in [0.1, 0.15) is 0 Å². The summed E-state index contributed by atoms with van der Waals surface area (Å²) in [6.07, 6.45) is 11.8. The first-order valence-electron chi connectivity index (χ1n) is 7.26. The van der Waals surface area contributed by atoms with Crippen LogP contribution in [0.3, 0.4) is 0 Å². The zero-order valence-electron chi connectivity index (χ0n) is 11.6. The Labute approximate surface area is 102 Å². The van der Waals surface area contributed by atoms with E-state index in [9.17, 15) is 0 Å². The summed E-state index contributed by atoms with van der Waals surface area (Å²) in [7, 11) is 0. The van der Waals surface area contributed by atoms with Crippen LogP contribution < -0.4 is 11.3 Å². The molecule has 0 amide bonds. The standard InChI is InChI=1S/C14H32N2/c1-4-7-8-9-12-14(16-15)13(10-5-2)11-6-3/h13-14,16H,4-12,15H2,1-3H3. The Morgan fingerprint density at radius 1 is 0.812 bits per heavy atom. The van der Waals surface area contributed by atoms with Gasteiger partial charge in [0.25, 0.3) is 0 Å². The van der Waals surface area contributed by atoms with Crippen LogP contribution in [0.15, 0.2) is 0 Å². The molecule has 0 heterocycles. The highest BCUT2D eigenvalue weighted by atomic mass is 15.2. The highest BCUT2D eigenvalue weighted by Crippen LogP contribution is 2.21. The molecule has 0 bridgehead atoms. The maximum Gasteiger partial charge on any atom is 0.0238 e. The van der Waals surface area contributed by atoms with E-state index >= 15 is 0 Å². The molecule has 98 valence electrons. The molecule has 16 heavy (non-hydrogen) atoms. The molecular formula is C14H32N2. The van der Waals surface area contributed by atoms with E-state index in [2.05, 4.69) is 26.2 Å². The van der Waals surface area contributed by atoms with E-state index in [1.165, 1.54) is 57.8 Å². The highest BCUT2D eigenvalue weighted by molar-refractivity contribution is 4.74. The van der Waals surface area contributed by atoms with Crippen LogP contribution in [0.25, 0.3) is 0 Å². The molecule has 0 saturated carbocycles. The van der Waals surface area contributed by atoms with Gasteiger partial charge in [0.05, 0.1) is 0 Å². The predicted molar refractivity (Wildman–Crippen MR) is 73.2 cm³/mol. The van der Waals surface area contributed by atoms with Gasteiger partial charge >= 0.3 is 0 Å². The lowest BCUT2D eigenvalue weighted by Crippen LogP contribution is -2.40. The number of hydrazine groups is 1. The van der Waals surface area contributed by atoms with Crippen LogP contribution in [-0.2, 0) is 0 Å².